The third-order valence-corrected chi connectivity index (χ3v) is 3.68. The summed E-state index contributed by atoms with van der Waals surface area (Å²) in [6, 6.07) is 15.3. The van der Waals surface area contributed by atoms with Crippen LogP contribution in [-0.2, 0) is 0 Å². The molecule has 1 aromatic carbocycles. The molecule has 0 unspecified atom stereocenters. The van der Waals surface area contributed by atoms with Crippen LogP contribution >= 0.6 is 0 Å². The van der Waals surface area contributed by atoms with Gasteiger partial charge in [-0.25, -0.2) is 4.98 Å². The summed E-state index contributed by atoms with van der Waals surface area (Å²) < 4.78 is 12.9. The number of hydrogen-bond acceptors (Lipinski definition) is 2. The monoisotopic (exact) mass is 289 g/mol. The second kappa shape index (κ2) is 5.07. The zero-order chi connectivity index (χ0) is 14.9. The van der Waals surface area contributed by atoms with Crippen LogP contribution in [0.15, 0.2) is 67.1 Å². The molecule has 1 N–H and O–H groups in total. The average molecular weight is 289 g/mol. The standard InChI is InChI=1S/C18H12FN3/c19-18-6-5-15(10-21-18)12-1-3-13(4-2-12)16-9-14-7-8-20-11-17(14)22-16/h1-11,22H. The minimum atomic E-state index is -0.466. The molecule has 0 aliphatic rings. The molecule has 0 atom stereocenters. The minimum absolute atomic E-state index is 0.466. The van der Waals surface area contributed by atoms with Gasteiger partial charge in [0.2, 0.25) is 5.95 Å². The van der Waals surface area contributed by atoms with E-state index in [1.54, 1.807) is 18.5 Å². The molecule has 0 bridgehead atoms. The SMILES string of the molecule is Fc1ccc(-c2ccc(-c3cc4ccncc4[nH]3)cc2)cn1. The van der Waals surface area contributed by atoms with Crippen molar-refractivity contribution in [1.29, 1.82) is 0 Å². The van der Waals surface area contributed by atoms with Crippen LogP contribution in [0, 0.1) is 5.95 Å². The molecule has 4 aromatic rings. The fraction of sp³-hybridized carbons (Fsp3) is 0. The molecule has 0 amide bonds. The van der Waals surface area contributed by atoms with Gasteiger partial charge in [0.15, 0.2) is 0 Å². The smallest absolute Gasteiger partial charge is 0.212 e. The third kappa shape index (κ3) is 2.24. The molecule has 4 rings (SSSR count). The summed E-state index contributed by atoms with van der Waals surface area (Å²) >= 11 is 0. The van der Waals surface area contributed by atoms with Gasteiger partial charge in [-0.1, -0.05) is 24.3 Å². The summed E-state index contributed by atoms with van der Waals surface area (Å²) in [5, 5.41) is 1.14. The van der Waals surface area contributed by atoms with Crippen LogP contribution in [0.2, 0.25) is 0 Å². The van der Waals surface area contributed by atoms with E-state index in [9.17, 15) is 4.39 Å². The van der Waals surface area contributed by atoms with Crippen LogP contribution in [0.5, 0.6) is 0 Å². The molecule has 3 nitrogen and oxygen atoms in total. The van der Waals surface area contributed by atoms with E-state index in [4.69, 9.17) is 0 Å². The molecular formula is C18H12FN3. The maximum atomic E-state index is 12.9. The maximum Gasteiger partial charge on any atom is 0.212 e. The second-order valence-corrected chi connectivity index (χ2v) is 5.09. The van der Waals surface area contributed by atoms with E-state index in [1.165, 1.54) is 6.07 Å². The van der Waals surface area contributed by atoms with Crippen LogP contribution in [-0.4, -0.2) is 15.0 Å². The van der Waals surface area contributed by atoms with Crippen LogP contribution in [0.1, 0.15) is 0 Å². The normalized spacial score (nSPS) is 11.0. The Kier molecular flexibility index (Phi) is 2.93. The quantitative estimate of drug-likeness (QED) is 0.555. The van der Waals surface area contributed by atoms with Gasteiger partial charge >= 0.3 is 0 Å². The molecule has 0 radical (unpaired) electrons. The lowest BCUT2D eigenvalue weighted by molar-refractivity contribution is 0.584. The predicted molar refractivity (Wildman–Crippen MR) is 84.7 cm³/mol. The van der Waals surface area contributed by atoms with Crippen molar-refractivity contribution in [1.82, 2.24) is 15.0 Å². The van der Waals surface area contributed by atoms with Crippen LogP contribution in [0.4, 0.5) is 4.39 Å². The molecule has 3 heterocycles. The maximum absolute atomic E-state index is 12.9. The number of fused-ring (bicyclic) bond motifs is 1. The number of nitrogens with zero attached hydrogens (tertiary/aromatic N) is 2. The first kappa shape index (κ1) is 12.7. The minimum Gasteiger partial charge on any atom is -0.353 e. The number of pyridine rings is 2. The highest BCUT2D eigenvalue weighted by Crippen LogP contribution is 2.26. The van der Waals surface area contributed by atoms with Crippen molar-refractivity contribution in [2.45, 2.75) is 0 Å². The van der Waals surface area contributed by atoms with Crippen LogP contribution < -0.4 is 0 Å². The van der Waals surface area contributed by atoms with Gasteiger partial charge in [-0.3, -0.25) is 4.98 Å². The fourth-order valence-electron chi connectivity index (χ4n) is 2.52. The van der Waals surface area contributed by atoms with E-state index in [0.29, 0.717) is 0 Å². The van der Waals surface area contributed by atoms with Crippen molar-refractivity contribution in [3.63, 3.8) is 0 Å². The van der Waals surface area contributed by atoms with Crippen molar-refractivity contribution in [2.24, 2.45) is 0 Å². The van der Waals surface area contributed by atoms with Crippen molar-refractivity contribution >= 4 is 10.9 Å². The molecule has 106 valence electrons. The number of aromatic nitrogens is 3. The van der Waals surface area contributed by atoms with Crippen molar-refractivity contribution in [2.75, 3.05) is 0 Å². The van der Waals surface area contributed by atoms with E-state index in [0.717, 1.165) is 33.3 Å². The summed E-state index contributed by atoms with van der Waals surface area (Å²) in [6.07, 6.45) is 5.14. The molecule has 0 aliphatic carbocycles. The highest BCUT2D eigenvalue weighted by molar-refractivity contribution is 5.85. The highest BCUT2D eigenvalue weighted by atomic mass is 19.1. The lowest BCUT2D eigenvalue weighted by Gasteiger charge is -2.03. The molecule has 0 aliphatic heterocycles. The van der Waals surface area contributed by atoms with E-state index in [-0.39, 0.29) is 0 Å². The zero-order valence-corrected chi connectivity index (χ0v) is 11.6. The van der Waals surface area contributed by atoms with Gasteiger partial charge in [0, 0.05) is 29.0 Å². The number of benzene rings is 1. The number of nitrogens with one attached hydrogen (secondary N) is 1. The van der Waals surface area contributed by atoms with Crippen molar-refractivity contribution in [3.05, 3.63) is 73.1 Å². The Labute approximate surface area is 126 Å². The van der Waals surface area contributed by atoms with Crippen LogP contribution in [0.3, 0.4) is 0 Å². The molecule has 0 fully saturated rings. The molecular weight excluding hydrogens is 277 g/mol. The molecule has 0 saturated heterocycles. The van der Waals surface area contributed by atoms with Gasteiger partial charge in [0.1, 0.15) is 0 Å². The van der Waals surface area contributed by atoms with E-state index in [1.807, 2.05) is 36.5 Å². The number of halogens is 1. The molecule has 3 aromatic heterocycles. The van der Waals surface area contributed by atoms with E-state index in [2.05, 4.69) is 21.0 Å². The van der Waals surface area contributed by atoms with Gasteiger partial charge in [0.05, 0.1) is 11.7 Å². The Balaban J connectivity index is 1.70. The summed E-state index contributed by atoms with van der Waals surface area (Å²) in [7, 11) is 0. The summed E-state index contributed by atoms with van der Waals surface area (Å²) in [6.45, 7) is 0. The largest absolute Gasteiger partial charge is 0.353 e. The third-order valence-electron chi connectivity index (χ3n) is 3.68. The molecule has 22 heavy (non-hydrogen) atoms. The van der Waals surface area contributed by atoms with Gasteiger partial charge in [-0.15, -0.1) is 0 Å². The molecule has 0 saturated carbocycles. The Hall–Kier alpha value is -3.01. The number of rotatable bonds is 2. The predicted octanol–water partition coefficient (Wildman–Crippen LogP) is 4.43. The van der Waals surface area contributed by atoms with Crippen molar-refractivity contribution < 1.29 is 4.39 Å². The Bertz CT molecular complexity index is 892. The van der Waals surface area contributed by atoms with Crippen LogP contribution in [0.25, 0.3) is 33.3 Å². The lowest BCUT2D eigenvalue weighted by Crippen LogP contribution is -1.84. The topological polar surface area (TPSA) is 41.6 Å². The summed E-state index contributed by atoms with van der Waals surface area (Å²) in [4.78, 5) is 11.2. The fourth-order valence-corrected chi connectivity index (χ4v) is 2.52. The number of H-pyrrole nitrogens is 1. The van der Waals surface area contributed by atoms with Gasteiger partial charge in [-0.2, -0.15) is 4.39 Å². The van der Waals surface area contributed by atoms with Crippen molar-refractivity contribution in [3.8, 4) is 22.4 Å². The first-order valence-electron chi connectivity index (χ1n) is 6.95. The first-order chi connectivity index (χ1) is 10.8. The number of hydrogen-bond donors (Lipinski definition) is 1. The Morgan fingerprint density at radius 2 is 1.59 bits per heavy atom. The average Bonchev–Trinajstić information content (AvgIpc) is 3.00. The van der Waals surface area contributed by atoms with Gasteiger partial charge < -0.3 is 4.98 Å². The van der Waals surface area contributed by atoms with Gasteiger partial charge in [-0.05, 0) is 35.4 Å². The van der Waals surface area contributed by atoms with E-state index >= 15 is 0 Å². The summed E-state index contributed by atoms with van der Waals surface area (Å²) in [5.74, 6) is -0.466. The Morgan fingerprint density at radius 1 is 0.818 bits per heavy atom. The highest BCUT2D eigenvalue weighted by Gasteiger charge is 2.04. The molecule has 4 heteroatoms. The first-order valence-corrected chi connectivity index (χ1v) is 6.95. The summed E-state index contributed by atoms with van der Waals surface area (Å²) in [5.41, 5.74) is 5.06. The number of aromatic amines is 1. The lowest BCUT2D eigenvalue weighted by atomic mass is 10.0. The zero-order valence-electron chi connectivity index (χ0n) is 11.6. The molecule has 0 spiro atoms. The van der Waals surface area contributed by atoms with E-state index < -0.39 is 5.95 Å². The van der Waals surface area contributed by atoms with Gasteiger partial charge in [0.25, 0.3) is 0 Å². The second-order valence-electron chi connectivity index (χ2n) is 5.09. The Morgan fingerprint density at radius 3 is 2.32 bits per heavy atom.